The molecule has 0 unspecified atom stereocenters. The Labute approximate surface area is 163 Å². The predicted octanol–water partition coefficient (Wildman–Crippen LogP) is 1.02. The highest BCUT2D eigenvalue weighted by Crippen LogP contribution is 2.18. The van der Waals surface area contributed by atoms with E-state index in [0.717, 1.165) is 51.5 Å². The van der Waals surface area contributed by atoms with Crippen molar-refractivity contribution in [3.63, 3.8) is 0 Å². The zero-order valence-corrected chi connectivity index (χ0v) is 17.5. The first-order chi connectivity index (χ1) is 12.9. The Bertz CT molecular complexity index is 696. The van der Waals surface area contributed by atoms with Gasteiger partial charge in [0, 0.05) is 59.3 Å². The summed E-state index contributed by atoms with van der Waals surface area (Å²) in [6.07, 6.45) is 6.67. The molecule has 1 fully saturated rings. The lowest BCUT2D eigenvalue weighted by Crippen LogP contribution is -2.40. The zero-order chi connectivity index (χ0) is 19.7. The average molecular weight is 400 g/mol. The number of nitrogens with one attached hydrogen (secondary N) is 2. The smallest absolute Gasteiger partial charge is 0.242 e. The monoisotopic (exact) mass is 399 g/mol. The van der Waals surface area contributed by atoms with Crippen molar-refractivity contribution < 1.29 is 13.2 Å². The van der Waals surface area contributed by atoms with E-state index in [1.54, 1.807) is 30.1 Å². The Kier molecular flexibility index (Phi) is 8.59. The topological polar surface area (TPSA) is 88.0 Å². The fraction of sp³-hybridized carbons (Fsp3) is 0.722. The Hall–Kier alpha value is -1.58. The van der Waals surface area contributed by atoms with Crippen molar-refractivity contribution in [1.29, 1.82) is 0 Å². The van der Waals surface area contributed by atoms with Crippen LogP contribution in [0.15, 0.2) is 28.3 Å². The summed E-state index contributed by atoms with van der Waals surface area (Å²) in [4.78, 5) is 6.94. The van der Waals surface area contributed by atoms with Gasteiger partial charge in [-0.3, -0.25) is 4.99 Å². The van der Waals surface area contributed by atoms with Crippen LogP contribution in [0.2, 0.25) is 0 Å². The van der Waals surface area contributed by atoms with Crippen molar-refractivity contribution in [3.05, 3.63) is 18.5 Å². The highest BCUT2D eigenvalue weighted by Gasteiger charge is 2.16. The van der Waals surface area contributed by atoms with Crippen LogP contribution in [0.1, 0.15) is 26.2 Å². The molecule has 1 aromatic rings. The molecular weight excluding hydrogens is 366 g/mol. The summed E-state index contributed by atoms with van der Waals surface area (Å²) in [5.74, 6) is 1.52. The van der Waals surface area contributed by atoms with Gasteiger partial charge in [-0.25, -0.2) is 13.1 Å². The molecule has 1 aliphatic rings. The fourth-order valence-electron chi connectivity index (χ4n) is 3.05. The van der Waals surface area contributed by atoms with Gasteiger partial charge in [-0.1, -0.05) is 0 Å². The van der Waals surface area contributed by atoms with Crippen molar-refractivity contribution in [2.45, 2.75) is 31.1 Å². The molecule has 1 saturated heterocycles. The van der Waals surface area contributed by atoms with Crippen LogP contribution >= 0.6 is 0 Å². The van der Waals surface area contributed by atoms with Gasteiger partial charge in [0.05, 0.1) is 11.4 Å². The largest absolute Gasteiger partial charge is 0.381 e. The van der Waals surface area contributed by atoms with Gasteiger partial charge >= 0.3 is 0 Å². The molecular formula is C18H33N5O3S. The minimum absolute atomic E-state index is 0.264. The summed E-state index contributed by atoms with van der Waals surface area (Å²) in [6.45, 7) is 6.10. The van der Waals surface area contributed by atoms with Crippen LogP contribution in [0.4, 0.5) is 0 Å². The van der Waals surface area contributed by atoms with Crippen LogP contribution in [0, 0.1) is 5.92 Å². The normalized spacial score (nSPS) is 16.5. The third-order valence-corrected chi connectivity index (χ3v) is 6.14. The van der Waals surface area contributed by atoms with Gasteiger partial charge in [-0.05, 0) is 38.2 Å². The van der Waals surface area contributed by atoms with Crippen molar-refractivity contribution in [1.82, 2.24) is 19.5 Å². The fourth-order valence-corrected chi connectivity index (χ4v) is 4.12. The third kappa shape index (κ3) is 7.15. The van der Waals surface area contributed by atoms with E-state index in [2.05, 4.69) is 19.9 Å². The van der Waals surface area contributed by atoms with Gasteiger partial charge in [-0.15, -0.1) is 0 Å². The van der Waals surface area contributed by atoms with Crippen LogP contribution in [-0.2, 0) is 21.8 Å². The second-order valence-electron chi connectivity index (χ2n) is 6.91. The number of aryl methyl sites for hydroxylation is 1. The number of hydrogen-bond acceptors (Lipinski definition) is 4. The maximum absolute atomic E-state index is 12.2. The van der Waals surface area contributed by atoms with Gasteiger partial charge in [0.2, 0.25) is 10.0 Å². The molecule has 0 amide bonds. The Morgan fingerprint density at radius 1 is 1.41 bits per heavy atom. The molecule has 27 heavy (non-hydrogen) atoms. The number of rotatable bonds is 9. The van der Waals surface area contributed by atoms with E-state index >= 15 is 0 Å². The van der Waals surface area contributed by atoms with Crippen molar-refractivity contribution in [3.8, 4) is 0 Å². The molecule has 9 heteroatoms. The third-order valence-electron chi connectivity index (χ3n) is 4.69. The summed E-state index contributed by atoms with van der Waals surface area (Å²) in [7, 11) is 0.336. The van der Waals surface area contributed by atoms with Crippen LogP contribution < -0.4 is 10.0 Å². The number of aromatic nitrogens is 1. The van der Waals surface area contributed by atoms with E-state index in [4.69, 9.17) is 4.74 Å². The van der Waals surface area contributed by atoms with E-state index in [9.17, 15) is 8.42 Å². The van der Waals surface area contributed by atoms with E-state index in [0.29, 0.717) is 12.5 Å². The molecule has 0 bridgehead atoms. The number of nitrogens with zero attached hydrogens (tertiary/aromatic N) is 3. The molecule has 0 aromatic carbocycles. The number of sulfonamides is 1. The second-order valence-corrected chi connectivity index (χ2v) is 8.68. The highest BCUT2D eigenvalue weighted by atomic mass is 32.2. The summed E-state index contributed by atoms with van der Waals surface area (Å²) >= 11 is 0. The highest BCUT2D eigenvalue weighted by molar-refractivity contribution is 7.89. The first-order valence-electron chi connectivity index (χ1n) is 9.61. The van der Waals surface area contributed by atoms with E-state index in [1.165, 1.54) is 0 Å². The second kappa shape index (κ2) is 10.7. The average Bonchev–Trinajstić information content (AvgIpc) is 3.10. The van der Waals surface area contributed by atoms with Crippen LogP contribution in [0.3, 0.4) is 0 Å². The van der Waals surface area contributed by atoms with Gasteiger partial charge in [-0.2, -0.15) is 0 Å². The molecule has 1 aliphatic heterocycles. The van der Waals surface area contributed by atoms with E-state index in [1.807, 2.05) is 14.0 Å². The molecule has 2 N–H and O–H groups in total. The molecule has 154 valence electrons. The lowest BCUT2D eigenvalue weighted by molar-refractivity contribution is 0.0625. The van der Waals surface area contributed by atoms with E-state index < -0.39 is 10.0 Å². The standard InChI is InChI=1S/C18H33N5O3S/c1-4-19-18(23(3)12-5-16-7-13-26-14-8-16)20-9-10-21-27(24,25)17-6-11-22(2)15-17/h6,11,15-16,21H,4-5,7-10,12-14H2,1-3H3,(H,19,20). The van der Waals surface area contributed by atoms with Crippen molar-refractivity contribution in [2.75, 3.05) is 46.4 Å². The predicted molar refractivity (Wildman–Crippen MR) is 107 cm³/mol. The minimum atomic E-state index is -3.48. The molecule has 2 rings (SSSR count). The maximum atomic E-state index is 12.2. The Morgan fingerprint density at radius 3 is 2.78 bits per heavy atom. The lowest BCUT2D eigenvalue weighted by Gasteiger charge is -2.26. The summed E-state index contributed by atoms with van der Waals surface area (Å²) in [5, 5.41) is 3.27. The lowest BCUT2D eigenvalue weighted by atomic mass is 9.96. The van der Waals surface area contributed by atoms with Crippen LogP contribution in [0.5, 0.6) is 0 Å². The molecule has 0 spiro atoms. The molecule has 8 nitrogen and oxygen atoms in total. The Balaban J connectivity index is 1.81. The SMILES string of the molecule is CCNC(=NCCNS(=O)(=O)c1ccn(C)c1)N(C)CCC1CCOCC1. The van der Waals surface area contributed by atoms with E-state index in [-0.39, 0.29) is 11.4 Å². The van der Waals surface area contributed by atoms with Gasteiger partial charge < -0.3 is 19.5 Å². The molecule has 0 saturated carbocycles. The number of aliphatic imine (C=N–C) groups is 1. The zero-order valence-electron chi connectivity index (χ0n) is 16.6. The summed E-state index contributed by atoms with van der Waals surface area (Å²) in [5.41, 5.74) is 0. The number of hydrogen-bond donors (Lipinski definition) is 2. The first kappa shape index (κ1) is 21.7. The van der Waals surface area contributed by atoms with Crippen LogP contribution in [0.25, 0.3) is 0 Å². The molecule has 0 atom stereocenters. The molecule has 2 heterocycles. The van der Waals surface area contributed by atoms with Gasteiger partial charge in [0.25, 0.3) is 0 Å². The number of ether oxygens (including phenoxy) is 1. The summed E-state index contributed by atoms with van der Waals surface area (Å²) < 4.78 is 34.2. The quantitative estimate of drug-likeness (QED) is 0.368. The maximum Gasteiger partial charge on any atom is 0.242 e. The Morgan fingerprint density at radius 2 is 2.15 bits per heavy atom. The van der Waals surface area contributed by atoms with Crippen LogP contribution in [-0.4, -0.2) is 70.3 Å². The number of guanidine groups is 1. The van der Waals surface area contributed by atoms with Gasteiger partial charge in [0.1, 0.15) is 0 Å². The van der Waals surface area contributed by atoms with Crippen molar-refractivity contribution >= 4 is 16.0 Å². The van der Waals surface area contributed by atoms with Gasteiger partial charge in [0.15, 0.2) is 5.96 Å². The van der Waals surface area contributed by atoms with Crippen molar-refractivity contribution in [2.24, 2.45) is 18.0 Å². The first-order valence-corrected chi connectivity index (χ1v) is 11.1. The summed E-state index contributed by atoms with van der Waals surface area (Å²) in [6, 6.07) is 1.58. The molecule has 0 radical (unpaired) electrons. The molecule has 0 aliphatic carbocycles. The molecule has 1 aromatic heterocycles. The minimum Gasteiger partial charge on any atom is -0.381 e.